The number of nitrogens with zero attached hydrogens (tertiary/aromatic N) is 2. The zero-order valence-electron chi connectivity index (χ0n) is 9.03. The normalized spacial score (nSPS) is 11.1. The Kier molecular flexibility index (Phi) is 3.18. The minimum Gasteiger partial charge on any atom is -0.374 e. The molecule has 15 heavy (non-hydrogen) atoms. The maximum Gasteiger partial charge on any atom is 0.117 e. The smallest absolute Gasteiger partial charge is 0.117 e. The van der Waals surface area contributed by atoms with Crippen molar-refractivity contribution in [3.8, 4) is 0 Å². The molecule has 0 aliphatic rings. The van der Waals surface area contributed by atoms with Crippen LogP contribution in [-0.4, -0.2) is 36.5 Å². The van der Waals surface area contributed by atoms with Crippen LogP contribution in [0.4, 0.5) is 5.00 Å². The molecule has 80 valence electrons. The van der Waals surface area contributed by atoms with E-state index in [0.717, 1.165) is 18.6 Å². The topological polar surface area (TPSA) is 28.2 Å². The first-order chi connectivity index (χ1) is 7.27. The third kappa shape index (κ3) is 2.46. The number of aromatic nitrogens is 1. The number of hydrogen-bond donors (Lipinski definition) is 1. The maximum absolute atomic E-state index is 4.38. The molecule has 4 heteroatoms. The van der Waals surface area contributed by atoms with E-state index in [1.54, 1.807) is 0 Å². The molecule has 0 atom stereocenters. The summed E-state index contributed by atoms with van der Waals surface area (Å²) >= 11 is 1.53. The van der Waals surface area contributed by atoms with Gasteiger partial charge in [-0.1, -0.05) is 12.1 Å². The van der Waals surface area contributed by atoms with Gasteiger partial charge in [-0.15, -0.1) is 0 Å². The Morgan fingerprint density at radius 1 is 1.33 bits per heavy atom. The van der Waals surface area contributed by atoms with Gasteiger partial charge in [0.15, 0.2) is 0 Å². The largest absolute Gasteiger partial charge is 0.374 e. The first-order valence-corrected chi connectivity index (χ1v) is 5.78. The fraction of sp³-hybridized carbons (Fsp3) is 0.364. The molecule has 1 N–H and O–H groups in total. The summed E-state index contributed by atoms with van der Waals surface area (Å²) in [5.74, 6) is 0. The predicted octanol–water partition coefficient (Wildman–Crippen LogP) is 2.27. The van der Waals surface area contributed by atoms with Crippen molar-refractivity contribution in [2.45, 2.75) is 0 Å². The van der Waals surface area contributed by atoms with Gasteiger partial charge in [-0.2, -0.15) is 4.37 Å². The van der Waals surface area contributed by atoms with E-state index in [2.05, 4.69) is 34.8 Å². The van der Waals surface area contributed by atoms with Crippen LogP contribution in [0, 0.1) is 0 Å². The highest BCUT2D eigenvalue weighted by atomic mass is 32.1. The molecule has 3 nitrogen and oxygen atoms in total. The molecule has 0 aliphatic carbocycles. The molecule has 0 bridgehead atoms. The summed E-state index contributed by atoms with van der Waals surface area (Å²) in [5, 5.41) is 5.81. The van der Waals surface area contributed by atoms with Crippen LogP contribution in [0.2, 0.25) is 0 Å². The predicted molar refractivity (Wildman–Crippen MR) is 66.7 cm³/mol. The highest BCUT2D eigenvalue weighted by molar-refractivity contribution is 7.11. The molecule has 1 aromatic carbocycles. The average Bonchev–Trinajstić information content (AvgIpc) is 2.62. The summed E-state index contributed by atoms with van der Waals surface area (Å²) in [5.41, 5.74) is 1.08. The highest BCUT2D eigenvalue weighted by Gasteiger charge is 2.03. The number of fused-ring (bicyclic) bond motifs is 1. The quantitative estimate of drug-likeness (QED) is 0.858. The van der Waals surface area contributed by atoms with Gasteiger partial charge in [0.1, 0.15) is 5.00 Å². The number of benzene rings is 1. The molecule has 0 amide bonds. The molecule has 0 spiro atoms. The minimum atomic E-state index is 0.958. The lowest BCUT2D eigenvalue weighted by Gasteiger charge is -2.09. The minimum absolute atomic E-state index is 0.958. The fourth-order valence-electron chi connectivity index (χ4n) is 1.41. The van der Waals surface area contributed by atoms with Crippen LogP contribution in [-0.2, 0) is 0 Å². The Balaban J connectivity index is 2.08. The second kappa shape index (κ2) is 4.59. The van der Waals surface area contributed by atoms with Crippen LogP contribution < -0.4 is 5.32 Å². The summed E-state index contributed by atoms with van der Waals surface area (Å²) in [6, 6.07) is 8.22. The van der Waals surface area contributed by atoms with Gasteiger partial charge in [0.25, 0.3) is 0 Å². The van der Waals surface area contributed by atoms with E-state index in [4.69, 9.17) is 0 Å². The molecule has 2 aromatic rings. The van der Waals surface area contributed by atoms with Gasteiger partial charge in [0, 0.05) is 18.5 Å². The molecule has 0 aliphatic heterocycles. The molecule has 0 radical (unpaired) electrons. The summed E-state index contributed by atoms with van der Waals surface area (Å²) in [4.78, 5) is 2.16. The Bertz CT molecular complexity index is 436. The monoisotopic (exact) mass is 221 g/mol. The summed E-state index contributed by atoms with van der Waals surface area (Å²) in [6.45, 7) is 1.99. The summed E-state index contributed by atoms with van der Waals surface area (Å²) in [7, 11) is 4.15. The average molecular weight is 221 g/mol. The van der Waals surface area contributed by atoms with Crippen LogP contribution in [0.25, 0.3) is 10.9 Å². The Labute approximate surface area is 93.9 Å². The van der Waals surface area contributed by atoms with Crippen molar-refractivity contribution in [2.75, 3.05) is 32.5 Å². The van der Waals surface area contributed by atoms with E-state index in [-0.39, 0.29) is 0 Å². The van der Waals surface area contributed by atoms with Crippen molar-refractivity contribution in [2.24, 2.45) is 0 Å². The highest BCUT2D eigenvalue weighted by Crippen LogP contribution is 2.26. The Morgan fingerprint density at radius 2 is 2.13 bits per heavy atom. The standard InChI is InChI=1S/C11H15N3S/c1-14(2)8-7-12-11-9-5-3-4-6-10(9)13-15-11/h3-6,12H,7-8H2,1-2H3. The molecule has 0 saturated heterocycles. The van der Waals surface area contributed by atoms with Crippen molar-refractivity contribution < 1.29 is 0 Å². The molecule has 0 fully saturated rings. The second-order valence-corrected chi connectivity index (χ2v) is 4.53. The van der Waals surface area contributed by atoms with Gasteiger partial charge < -0.3 is 10.2 Å². The Morgan fingerprint density at radius 3 is 2.93 bits per heavy atom. The first-order valence-electron chi connectivity index (χ1n) is 5.00. The number of anilines is 1. The van der Waals surface area contributed by atoms with Crippen LogP contribution >= 0.6 is 11.5 Å². The van der Waals surface area contributed by atoms with Gasteiger partial charge in [-0.25, -0.2) is 0 Å². The zero-order chi connectivity index (χ0) is 10.7. The fourth-order valence-corrected chi connectivity index (χ4v) is 2.20. The van der Waals surface area contributed by atoms with Crippen molar-refractivity contribution in [1.82, 2.24) is 9.27 Å². The third-order valence-electron chi connectivity index (χ3n) is 2.23. The molecule has 1 aromatic heterocycles. The van der Waals surface area contributed by atoms with Gasteiger partial charge in [-0.3, -0.25) is 0 Å². The molecule has 2 rings (SSSR count). The third-order valence-corrected chi connectivity index (χ3v) is 3.06. The van der Waals surface area contributed by atoms with Gasteiger partial charge >= 0.3 is 0 Å². The number of likely N-dealkylation sites (N-methyl/N-ethyl adjacent to an activating group) is 1. The molecule has 0 unspecified atom stereocenters. The lowest BCUT2D eigenvalue weighted by Crippen LogP contribution is -2.20. The van der Waals surface area contributed by atoms with Gasteiger partial charge in [-0.05, 0) is 37.8 Å². The molecular formula is C11H15N3S. The van der Waals surface area contributed by atoms with E-state index < -0.39 is 0 Å². The second-order valence-electron chi connectivity index (χ2n) is 3.76. The van der Waals surface area contributed by atoms with Crippen LogP contribution in [0.3, 0.4) is 0 Å². The van der Waals surface area contributed by atoms with E-state index in [0.29, 0.717) is 0 Å². The Hall–Kier alpha value is -1.13. The molecule has 0 saturated carbocycles. The van der Waals surface area contributed by atoms with E-state index in [9.17, 15) is 0 Å². The van der Waals surface area contributed by atoms with Crippen LogP contribution in [0.15, 0.2) is 24.3 Å². The van der Waals surface area contributed by atoms with Gasteiger partial charge in [0.2, 0.25) is 0 Å². The van der Waals surface area contributed by atoms with E-state index >= 15 is 0 Å². The molecule has 1 heterocycles. The number of hydrogen-bond acceptors (Lipinski definition) is 4. The van der Waals surface area contributed by atoms with Gasteiger partial charge in [0.05, 0.1) is 5.52 Å². The SMILES string of the molecule is CN(C)CCNc1snc2ccccc12. The lowest BCUT2D eigenvalue weighted by molar-refractivity contribution is 0.425. The number of rotatable bonds is 4. The van der Waals surface area contributed by atoms with Crippen molar-refractivity contribution in [3.63, 3.8) is 0 Å². The summed E-state index contributed by atoms with van der Waals surface area (Å²) in [6.07, 6.45) is 0. The van der Waals surface area contributed by atoms with Crippen LogP contribution in [0.5, 0.6) is 0 Å². The number of nitrogens with one attached hydrogen (secondary N) is 1. The van der Waals surface area contributed by atoms with Crippen molar-refractivity contribution >= 4 is 27.4 Å². The van der Waals surface area contributed by atoms with Crippen molar-refractivity contribution in [1.29, 1.82) is 0 Å². The summed E-state index contributed by atoms with van der Waals surface area (Å²) < 4.78 is 4.38. The first kappa shape index (κ1) is 10.4. The maximum atomic E-state index is 4.38. The van der Waals surface area contributed by atoms with E-state index in [1.165, 1.54) is 21.9 Å². The van der Waals surface area contributed by atoms with Crippen molar-refractivity contribution in [3.05, 3.63) is 24.3 Å². The zero-order valence-corrected chi connectivity index (χ0v) is 9.84. The van der Waals surface area contributed by atoms with Crippen LogP contribution in [0.1, 0.15) is 0 Å². The lowest BCUT2D eigenvalue weighted by atomic mass is 10.2. The van der Waals surface area contributed by atoms with E-state index in [1.807, 2.05) is 18.2 Å². The molecular weight excluding hydrogens is 206 g/mol.